The smallest absolute Gasteiger partial charge is 0.237 e. The van der Waals surface area contributed by atoms with Gasteiger partial charge in [-0.1, -0.05) is 13.8 Å². The van der Waals surface area contributed by atoms with E-state index in [2.05, 4.69) is 25.3 Å². The van der Waals surface area contributed by atoms with Crippen molar-refractivity contribution in [3.05, 3.63) is 52.0 Å². The van der Waals surface area contributed by atoms with Gasteiger partial charge in [0.15, 0.2) is 0 Å². The molecule has 1 aromatic heterocycles. The lowest BCUT2D eigenvalue weighted by Gasteiger charge is -2.37. The van der Waals surface area contributed by atoms with E-state index in [1.807, 2.05) is 9.80 Å². The molecule has 0 radical (unpaired) electrons. The number of aliphatic hydroxyl groups is 1. The second-order valence-corrected chi connectivity index (χ2v) is 9.94. The number of hydrogen-bond donors (Lipinski definition) is 1. The van der Waals surface area contributed by atoms with Gasteiger partial charge in [-0.25, -0.2) is 4.39 Å². The SMILES string of the molecule is COC[C@@H](O)CN(CCC(C)C)CC(=O)N1CCc2sccc2[C@@H]1COc1ccc(F)cc1. The quantitative estimate of drug-likeness (QED) is 0.504. The summed E-state index contributed by atoms with van der Waals surface area (Å²) in [6.07, 6.45) is 1.13. The minimum Gasteiger partial charge on any atom is -0.491 e. The fraction of sp³-hybridized carbons (Fsp3) is 0.560. The number of ether oxygens (including phenoxy) is 2. The molecular weight excluding hydrogens is 443 g/mol. The highest BCUT2D eigenvalue weighted by atomic mass is 32.1. The summed E-state index contributed by atoms with van der Waals surface area (Å²) in [4.78, 5) is 18.7. The molecule has 1 aromatic carbocycles. The summed E-state index contributed by atoms with van der Waals surface area (Å²) in [5.41, 5.74) is 1.12. The van der Waals surface area contributed by atoms with Gasteiger partial charge in [0.1, 0.15) is 18.2 Å². The lowest BCUT2D eigenvalue weighted by Crippen LogP contribution is -2.48. The van der Waals surface area contributed by atoms with Gasteiger partial charge in [-0.05, 0) is 66.6 Å². The maximum atomic E-state index is 13.5. The molecule has 1 aliphatic rings. The van der Waals surface area contributed by atoms with Crippen LogP contribution in [-0.2, 0) is 16.0 Å². The molecule has 1 aliphatic heterocycles. The molecular formula is C25H35FN2O4S. The number of methoxy groups -OCH3 is 1. The third-order valence-electron chi connectivity index (χ3n) is 5.85. The van der Waals surface area contributed by atoms with Gasteiger partial charge in [-0.2, -0.15) is 0 Å². The lowest BCUT2D eigenvalue weighted by molar-refractivity contribution is -0.136. The van der Waals surface area contributed by atoms with Gasteiger partial charge < -0.3 is 19.5 Å². The van der Waals surface area contributed by atoms with E-state index in [1.165, 1.54) is 17.0 Å². The first-order valence-electron chi connectivity index (χ1n) is 11.5. The molecule has 0 bridgehead atoms. The average molecular weight is 479 g/mol. The molecule has 0 spiro atoms. The van der Waals surface area contributed by atoms with Gasteiger partial charge in [-0.3, -0.25) is 9.69 Å². The van der Waals surface area contributed by atoms with Gasteiger partial charge in [0.05, 0.1) is 25.3 Å². The number of thiophene rings is 1. The molecule has 2 aromatic rings. The fourth-order valence-electron chi connectivity index (χ4n) is 4.08. The van der Waals surface area contributed by atoms with Crippen LogP contribution in [0.15, 0.2) is 35.7 Å². The summed E-state index contributed by atoms with van der Waals surface area (Å²) in [7, 11) is 1.56. The number of fused-ring (bicyclic) bond motifs is 1. The number of halogens is 1. The van der Waals surface area contributed by atoms with Gasteiger partial charge >= 0.3 is 0 Å². The van der Waals surface area contributed by atoms with Crippen molar-refractivity contribution in [3.8, 4) is 5.75 Å². The third-order valence-corrected chi connectivity index (χ3v) is 6.84. The monoisotopic (exact) mass is 478 g/mol. The van der Waals surface area contributed by atoms with Crippen molar-refractivity contribution < 1.29 is 23.8 Å². The number of amides is 1. The van der Waals surface area contributed by atoms with E-state index in [-0.39, 0.29) is 30.9 Å². The van der Waals surface area contributed by atoms with Crippen molar-refractivity contribution >= 4 is 17.2 Å². The average Bonchev–Trinajstić information content (AvgIpc) is 3.26. The lowest BCUT2D eigenvalue weighted by atomic mass is 10.00. The normalized spacial score (nSPS) is 16.8. The molecule has 1 amide bonds. The molecule has 0 aliphatic carbocycles. The second-order valence-electron chi connectivity index (χ2n) is 8.94. The van der Waals surface area contributed by atoms with E-state index in [1.54, 1.807) is 30.6 Å². The number of hydrogen-bond acceptors (Lipinski definition) is 6. The van der Waals surface area contributed by atoms with E-state index >= 15 is 0 Å². The second kappa shape index (κ2) is 12.5. The molecule has 3 rings (SSSR count). The summed E-state index contributed by atoms with van der Waals surface area (Å²) >= 11 is 1.71. The zero-order valence-corrected chi connectivity index (χ0v) is 20.5. The molecule has 0 unspecified atom stereocenters. The Morgan fingerprint density at radius 1 is 1.30 bits per heavy atom. The molecule has 0 saturated carbocycles. The summed E-state index contributed by atoms with van der Waals surface area (Å²) in [6, 6.07) is 7.80. The van der Waals surface area contributed by atoms with E-state index in [9.17, 15) is 14.3 Å². The Labute approximate surface area is 199 Å². The van der Waals surface area contributed by atoms with Crippen LogP contribution in [0.4, 0.5) is 4.39 Å². The van der Waals surface area contributed by atoms with Gasteiger partial charge in [0.25, 0.3) is 0 Å². The number of nitrogens with zero attached hydrogens (tertiary/aromatic N) is 2. The van der Waals surface area contributed by atoms with Gasteiger partial charge in [0, 0.05) is 25.1 Å². The molecule has 2 heterocycles. The van der Waals surface area contributed by atoms with Crippen molar-refractivity contribution in [1.29, 1.82) is 0 Å². The van der Waals surface area contributed by atoms with Crippen molar-refractivity contribution in [3.63, 3.8) is 0 Å². The molecule has 0 saturated heterocycles. The van der Waals surface area contributed by atoms with Crippen LogP contribution < -0.4 is 4.74 Å². The minimum absolute atomic E-state index is 0.0212. The molecule has 1 N–H and O–H groups in total. The van der Waals surface area contributed by atoms with E-state index < -0.39 is 6.10 Å². The maximum absolute atomic E-state index is 13.5. The standard InChI is InChI=1S/C25H35FN2O4S/c1-18(2)8-11-27(14-20(29)16-31-3)15-25(30)28-12-9-24-22(10-13-33-24)23(28)17-32-21-6-4-19(26)5-7-21/h4-7,10,13,18,20,23,29H,8-9,11-12,14-17H2,1-3H3/t20-,23-/m0/s1. The molecule has 33 heavy (non-hydrogen) atoms. The summed E-state index contributed by atoms with van der Waals surface area (Å²) in [5.74, 6) is 0.789. The van der Waals surface area contributed by atoms with Crippen LogP contribution >= 0.6 is 11.3 Å². The Morgan fingerprint density at radius 3 is 2.76 bits per heavy atom. The van der Waals surface area contributed by atoms with Crippen molar-refractivity contribution in [2.45, 2.75) is 38.8 Å². The topological polar surface area (TPSA) is 62.2 Å². The Bertz CT molecular complexity index is 874. The highest BCUT2D eigenvalue weighted by molar-refractivity contribution is 7.10. The van der Waals surface area contributed by atoms with Crippen molar-refractivity contribution in [1.82, 2.24) is 9.80 Å². The predicted molar refractivity (Wildman–Crippen MR) is 128 cm³/mol. The number of aliphatic hydroxyl groups excluding tert-OH is 1. The number of rotatable bonds is 12. The summed E-state index contributed by atoms with van der Waals surface area (Å²) in [5, 5.41) is 12.3. The molecule has 0 fully saturated rings. The van der Waals surface area contributed by atoms with Crippen LogP contribution in [0.3, 0.4) is 0 Å². The number of carbonyl (C=O) groups excluding carboxylic acids is 1. The maximum Gasteiger partial charge on any atom is 0.237 e. The first-order valence-corrected chi connectivity index (χ1v) is 12.4. The van der Waals surface area contributed by atoms with Crippen LogP contribution in [0.5, 0.6) is 5.75 Å². The number of benzene rings is 1. The highest BCUT2D eigenvalue weighted by Gasteiger charge is 2.33. The Balaban J connectivity index is 1.71. The van der Waals surface area contributed by atoms with Gasteiger partial charge in [-0.15, -0.1) is 11.3 Å². The summed E-state index contributed by atoms with van der Waals surface area (Å²) in [6.45, 7) is 6.83. The molecule has 6 nitrogen and oxygen atoms in total. The van der Waals surface area contributed by atoms with Crippen LogP contribution in [0.2, 0.25) is 0 Å². The summed E-state index contributed by atoms with van der Waals surface area (Å²) < 4.78 is 24.3. The van der Waals surface area contributed by atoms with Gasteiger partial charge in [0.2, 0.25) is 5.91 Å². The van der Waals surface area contributed by atoms with Crippen LogP contribution in [0.25, 0.3) is 0 Å². The predicted octanol–water partition coefficient (Wildman–Crippen LogP) is 3.75. The number of carbonyl (C=O) groups is 1. The zero-order chi connectivity index (χ0) is 23.8. The van der Waals surface area contributed by atoms with Crippen LogP contribution in [-0.4, -0.2) is 73.4 Å². The van der Waals surface area contributed by atoms with E-state index in [4.69, 9.17) is 9.47 Å². The highest BCUT2D eigenvalue weighted by Crippen LogP contribution is 2.34. The molecule has 8 heteroatoms. The Kier molecular flexibility index (Phi) is 9.67. The first kappa shape index (κ1) is 25.6. The largest absolute Gasteiger partial charge is 0.491 e. The fourth-order valence-corrected chi connectivity index (χ4v) is 5.01. The Hall–Kier alpha value is -2.00. The van der Waals surface area contributed by atoms with Crippen LogP contribution in [0, 0.1) is 11.7 Å². The minimum atomic E-state index is -0.641. The van der Waals surface area contributed by atoms with E-state index in [0.717, 1.165) is 24.9 Å². The van der Waals surface area contributed by atoms with Crippen molar-refractivity contribution in [2.24, 2.45) is 5.92 Å². The molecule has 2 atom stereocenters. The van der Waals surface area contributed by atoms with Crippen LogP contribution in [0.1, 0.15) is 36.8 Å². The first-order chi connectivity index (χ1) is 15.9. The van der Waals surface area contributed by atoms with Crippen molar-refractivity contribution in [2.75, 3.05) is 46.5 Å². The molecule has 182 valence electrons. The third kappa shape index (κ3) is 7.50. The zero-order valence-electron chi connectivity index (χ0n) is 19.7. The van der Waals surface area contributed by atoms with E-state index in [0.29, 0.717) is 31.4 Å². The Morgan fingerprint density at radius 2 is 2.06 bits per heavy atom.